The fraction of sp³-hybridized carbons (Fsp3) is 1.00. The molecule has 0 aliphatic rings. The molecule has 0 saturated carbocycles. The van der Waals surface area contributed by atoms with E-state index >= 15 is 0 Å². The van der Waals surface area contributed by atoms with Crippen LogP contribution in [-0.4, -0.2) is 25.5 Å². The average Bonchev–Trinajstić information content (AvgIpc) is 1.65. The predicted octanol–water partition coefficient (Wildman–Crippen LogP) is 2.23. The van der Waals surface area contributed by atoms with Gasteiger partial charge in [-0.3, -0.25) is 0 Å². The Morgan fingerprint density at radius 1 is 1.33 bits per heavy atom. The highest BCUT2D eigenvalue weighted by atomic mass is 15.0. The third-order valence-corrected chi connectivity index (χ3v) is 1.37. The minimum absolute atomic E-state index is 0. The van der Waals surface area contributed by atoms with Crippen LogP contribution in [0.2, 0.25) is 0 Å². The summed E-state index contributed by atoms with van der Waals surface area (Å²) in [6, 6.07) is 0. The molecule has 1 heteroatoms. The molecule has 0 aliphatic carbocycles. The molecule has 58 valence electrons. The average molecular weight is 131 g/mol. The van der Waals surface area contributed by atoms with Gasteiger partial charge in [0.2, 0.25) is 0 Å². The van der Waals surface area contributed by atoms with Crippen molar-refractivity contribution in [3.63, 3.8) is 0 Å². The van der Waals surface area contributed by atoms with Gasteiger partial charge >= 0.3 is 0 Å². The highest BCUT2D eigenvalue weighted by Gasteiger charge is 1.97. The first-order chi connectivity index (χ1) is 3.66. The molecule has 0 amide bonds. The highest BCUT2D eigenvalue weighted by molar-refractivity contribution is 4.51. The van der Waals surface area contributed by atoms with Crippen LogP contribution in [-0.2, 0) is 0 Å². The van der Waals surface area contributed by atoms with Crippen LogP contribution >= 0.6 is 0 Å². The Balaban J connectivity index is 0. The first-order valence-corrected chi connectivity index (χ1v) is 3.31. The molecule has 0 saturated heterocycles. The maximum absolute atomic E-state index is 2.28. The molecule has 0 aromatic carbocycles. The standard InChI is InChI=1S/C7H17N.CH4/c1-5-7(2)6-8(3)4;/h7H,5-6H2,1-4H3;1H4/t7-;/m0./s1. The molecular weight excluding hydrogens is 110 g/mol. The topological polar surface area (TPSA) is 3.24 Å². The van der Waals surface area contributed by atoms with Crippen molar-refractivity contribution in [2.24, 2.45) is 5.92 Å². The summed E-state index contributed by atoms with van der Waals surface area (Å²) in [7, 11) is 4.23. The first kappa shape index (κ1) is 11.7. The maximum Gasteiger partial charge on any atom is 0.0000818 e. The van der Waals surface area contributed by atoms with E-state index in [1.165, 1.54) is 13.0 Å². The van der Waals surface area contributed by atoms with E-state index in [4.69, 9.17) is 0 Å². The van der Waals surface area contributed by atoms with E-state index in [-0.39, 0.29) is 7.43 Å². The van der Waals surface area contributed by atoms with Gasteiger partial charge in [0, 0.05) is 6.54 Å². The van der Waals surface area contributed by atoms with Gasteiger partial charge in [0.15, 0.2) is 0 Å². The maximum atomic E-state index is 2.28. The van der Waals surface area contributed by atoms with E-state index in [0.717, 1.165) is 5.92 Å². The van der Waals surface area contributed by atoms with E-state index < -0.39 is 0 Å². The van der Waals surface area contributed by atoms with Crippen LogP contribution in [0.15, 0.2) is 0 Å². The number of nitrogens with zero attached hydrogens (tertiary/aromatic N) is 1. The molecular formula is C8H21N. The van der Waals surface area contributed by atoms with Gasteiger partial charge in [-0.15, -0.1) is 0 Å². The Hall–Kier alpha value is -0.0400. The molecule has 0 unspecified atom stereocenters. The first-order valence-electron chi connectivity index (χ1n) is 3.31. The van der Waals surface area contributed by atoms with Gasteiger partial charge in [-0.25, -0.2) is 0 Å². The van der Waals surface area contributed by atoms with Crippen molar-refractivity contribution in [3.05, 3.63) is 0 Å². The molecule has 0 rings (SSSR count). The van der Waals surface area contributed by atoms with Crippen LogP contribution in [0.3, 0.4) is 0 Å². The summed E-state index contributed by atoms with van der Waals surface area (Å²) in [4.78, 5) is 2.23. The second-order valence-corrected chi connectivity index (χ2v) is 2.78. The largest absolute Gasteiger partial charge is 0.309 e. The minimum atomic E-state index is 0. The van der Waals surface area contributed by atoms with Crippen LogP contribution in [0.5, 0.6) is 0 Å². The summed E-state index contributed by atoms with van der Waals surface area (Å²) in [5.41, 5.74) is 0. The molecule has 0 radical (unpaired) electrons. The highest BCUT2D eigenvalue weighted by Crippen LogP contribution is 1.99. The Kier molecular flexibility index (Phi) is 7.92. The quantitative estimate of drug-likeness (QED) is 0.567. The van der Waals surface area contributed by atoms with Gasteiger partial charge in [0.05, 0.1) is 0 Å². The Morgan fingerprint density at radius 2 is 1.78 bits per heavy atom. The van der Waals surface area contributed by atoms with Gasteiger partial charge in [0.25, 0.3) is 0 Å². The van der Waals surface area contributed by atoms with E-state index in [9.17, 15) is 0 Å². The Labute approximate surface area is 60.1 Å². The van der Waals surface area contributed by atoms with Crippen molar-refractivity contribution >= 4 is 0 Å². The van der Waals surface area contributed by atoms with E-state index in [2.05, 4.69) is 32.8 Å². The summed E-state index contributed by atoms with van der Waals surface area (Å²) in [6.45, 7) is 5.73. The van der Waals surface area contributed by atoms with E-state index in [1.807, 2.05) is 0 Å². The molecule has 0 heterocycles. The SMILES string of the molecule is C.CC[C@H](C)CN(C)C. The third-order valence-electron chi connectivity index (χ3n) is 1.37. The van der Waals surface area contributed by atoms with Crippen molar-refractivity contribution in [2.45, 2.75) is 27.7 Å². The molecule has 0 N–H and O–H groups in total. The fourth-order valence-electron chi connectivity index (χ4n) is 0.752. The van der Waals surface area contributed by atoms with Crippen molar-refractivity contribution < 1.29 is 0 Å². The molecule has 9 heavy (non-hydrogen) atoms. The van der Waals surface area contributed by atoms with Crippen LogP contribution in [0.1, 0.15) is 27.7 Å². The van der Waals surface area contributed by atoms with Crippen LogP contribution in [0, 0.1) is 5.92 Å². The van der Waals surface area contributed by atoms with E-state index in [1.54, 1.807) is 0 Å². The van der Waals surface area contributed by atoms with Crippen LogP contribution < -0.4 is 0 Å². The van der Waals surface area contributed by atoms with E-state index in [0.29, 0.717) is 0 Å². The molecule has 0 aromatic heterocycles. The predicted molar refractivity (Wildman–Crippen MR) is 44.7 cm³/mol. The van der Waals surface area contributed by atoms with Gasteiger partial charge < -0.3 is 4.90 Å². The van der Waals surface area contributed by atoms with Crippen molar-refractivity contribution in [1.82, 2.24) is 4.90 Å². The lowest BCUT2D eigenvalue weighted by atomic mass is 10.1. The molecule has 0 aromatic rings. The number of rotatable bonds is 3. The zero-order chi connectivity index (χ0) is 6.57. The van der Waals surface area contributed by atoms with Crippen molar-refractivity contribution in [2.75, 3.05) is 20.6 Å². The second-order valence-electron chi connectivity index (χ2n) is 2.78. The second kappa shape index (κ2) is 6.09. The normalized spacial score (nSPS) is 13.0. The van der Waals surface area contributed by atoms with Crippen LogP contribution in [0.4, 0.5) is 0 Å². The zero-order valence-electron chi connectivity index (χ0n) is 6.44. The smallest absolute Gasteiger partial charge is 0.0000818 e. The molecule has 0 fully saturated rings. The molecule has 0 spiro atoms. The third kappa shape index (κ3) is 7.96. The lowest BCUT2D eigenvalue weighted by molar-refractivity contribution is 0.334. The fourth-order valence-corrected chi connectivity index (χ4v) is 0.752. The summed E-state index contributed by atoms with van der Waals surface area (Å²) in [6.07, 6.45) is 1.29. The molecule has 0 bridgehead atoms. The summed E-state index contributed by atoms with van der Waals surface area (Å²) < 4.78 is 0. The van der Waals surface area contributed by atoms with Gasteiger partial charge in [0.1, 0.15) is 0 Å². The van der Waals surface area contributed by atoms with Crippen LogP contribution in [0.25, 0.3) is 0 Å². The number of hydrogen-bond donors (Lipinski definition) is 0. The minimum Gasteiger partial charge on any atom is -0.309 e. The molecule has 0 aliphatic heterocycles. The summed E-state index contributed by atoms with van der Waals surface area (Å²) in [5, 5.41) is 0. The molecule has 1 atom stereocenters. The lowest BCUT2D eigenvalue weighted by Gasteiger charge is -2.13. The van der Waals surface area contributed by atoms with Crippen molar-refractivity contribution in [1.29, 1.82) is 0 Å². The van der Waals surface area contributed by atoms with Gasteiger partial charge in [-0.05, 0) is 20.0 Å². The Morgan fingerprint density at radius 3 is 1.89 bits per heavy atom. The summed E-state index contributed by atoms with van der Waals surface area (Å²) >= 11 is 0. The van der Waals surface area contributed by atoms with Crippen molar-refractivity contribution in [3.8, 4) is 0 Å². The Bertz CT molecular complexity index is 50.5. The van der Waals surface area contributed by atoms with Gasteiger partial charge in [-0.1, -0.05) is 27.7 Å². The molecule has 1 nitrogen and oxygen atoms in total. The van der Waals surface area contributed by atoms with Gasteiger partial charge in [-0.2, -0.15) is 0 Å². The number of hydrogen-bond acceptors (Lipinski definition) is 1. The monoisotopic (exact) mass is 131 g/mol. The summed E-state index contributed by atoms with van der Waals surface area (Å²) in [5.74, 6) is 0.852. The lowest BCUT2D eigenvalue weighted by Crippen LogP contribution is -2.18. The zero-order valence-corrected chi connectivity index (χ0v) is 6.44.